The second-order valence-corrected chi connectivity index (χ2v) is 25.7. The summed E-state index contributed by atoms with van der Waals surface area (Å²) in [5.41, 5.74) is 0. The number of ether oxygens (including phenoxy) is 2. The Hall–Kier alpha value is -1.25. The summed E-state index contributed by atoms with van der Waals surface area (Å²) in [6.07, 6.45) is 70.6. The summed E-state index contributed by atoms with van der Waals surface area (Å²) in [6, 6.07) is 0. The summed E-state index contributed by atoms with van der Waals surface area (Å²) in [5.74, 6) is -0.790. The molecule has 452 valence electrons. The van der Waals surface area contributed by atoms with Crippen LogP contribution in [0.5, 0.6) is 0 Å². The summed E-state index contributed by atoms with van der Waals surface area (Å²) >= 11 is 0. The fraction of sp³-hybridized carbons (Fsp3) is 0.939. The highest BCUT2D eigenvalue weighted by Gasteiger charge is 2.27. The van der Waals surface area contributed by atoms with Crippen LogP contribution in [0.1, 0.15) is 348 Å². The van der Waals surface area contributed by atoms with E-state index in [1.54, 1.807) is 0 Å². The lowest BCUT2D eigenvalue weighted by Crippen LogP contribution is -2.37. The Morgan fingerprint density at radius 1 is 0.395 bits per heavy atom. The van der Waals surface area contributed by atoms with E-state index in [1.807, 2.05) is 21.1 Å². The van der Waals surface area contributed by atoms with Gasteiger partial charge in [-0.05, 0) is 38.5 Å². The number of phosphoric ester groups is 1. The van der Waals surface area contributed by atoms with Crippen LogP contribution in [0.4, 0.5) is 0 Å². The van der Waals surface area contributed by atoms with Gasteiger partial charge in [-0.2, -0.15) is 0 Å². The maximum atomic E-state index is 12.8. The van der Waals surface area contributed by atoms with Gasteiger partial charge in [0.25, 0.3) is 0 Å². The molecule has 0 saturated carbocycles. The van der Waals surface area contributed by atoms with Gasteiger partial charge in [-0.3, -0.25) is 18.6 Å². The van der Waals surface area contributed by atoms with Gasteiger partial charge in [0.15, 0.2) is 6.10 Å². The maximum Gasteiger partial charge on any atom is 0.472 e. The number of esters is 2. The van der Waals surface area contributed by atoms with Crippen LogP contribution >= 0.6 is 7.82 Å². The van der Waals surface area contributed by atoms with Crippen molar-refractivity contribution in [3.05, 3.63) is 12.2 Å². The van der Waals surface area contributed by atoms with Gasteiger partial charge in [0.05, 0.1) is 27.7 Å². The second-order valence-electron chi connectivity index (χ2n) is 24.2. The lowest BCUT2D eigenvalue weighted by atomic mass is 10.0. The Bertz CT molecular complexity index is 1290. The minimum Gasteiger partial charge on any atom is -0.462 e. The number of hydrogen-bond acceptors (Lipinski definition) is 7. The maximum absolute atomic E-state index is 12.8. The highest BCUT2D eigenvalue weighted by molar-refractivity contribution is 7.47. The quantitative estimate of drug-likeness (QED) is 0.0211. The van der Waals surface area contributed by atoms with E-state index in [0.717, 1.165) is 51.4 Å². The van der Waals surface area contributed by atoms with Crippen molar-refractivity contribution in [2.24, 2.45) is 0 Å². The molecule has 0 aromatic heterocycles. The summed E-state index contributed by atoms with van der Waals surface area (Å²) in [7, 11) is 1.49. The normalized spacial score (nSPS) is 13.2. The van der Waals surface area contributed by atoms with Crippen molar-refractivity contribution in [3.63, 3.8) is 0 Å². The van der Waals surface area contributed by atoms with Crippen LogP contribution in [-0.4, -0.2) is 74.9 Å². The summed E-state index contributed by atoms with van der Waals surface area (Å²) in [5, 5.41) is 0. The molecular formula is C66H131NO8P+. The molecule has 0 saturated heterocycles. The molecule has 0 amide bonds. The molecule has 10 heteroatoms. The van der Waals surface area contributed by atoms with E-state index in [9.17, 15) is 19.0 Å². The Morgan fingerprint density at radius 2 is 0.671 bits per heavy atom. The van der Waals surface area contributed by atoms with Crippen molar-refractivity contribution >= 4 is 19.8 Å². The molecule has 0 aromatic carbocycles. The molecule has 1 N–H and O–H groups in total. The summed E-state index contributed by atoms with van der Waals surface area (Å²) < 4.78 is 34.5. The average Bonchev–Trinajstić information content (AvgIpc) is 3.38. The molecule has 0 fully saturated rings. The van der Waals surface area contributed by atoms with E-state index in [-0.39, 0.29) is 25.6 Å². The monoisotopic (exact) mass is 1100 g/mol. The molecule has 0 aliphatic heterocycles. The van der Waals surface area contributed by atoms with Crippen molar-refractivity contribution in [3.8, 4) is 0 Å². The van der Waals surface area contributed by atoms with E-state index in [0.29, 0.717) is 23.9 Å². The topological polar surface area (TPSA) is 108 Å². The zero-order valence-electron chi connectivity index (χ0n) is 51.5. The van der Waals surface area contributed by atoms with E-state index in [1.165, 1.54) is 263 Å². The van der Waals surface area contributed by atoms with Crippen LogP contribution in [0.3, 0.4) is 0 Å². The second kappa shape index (κ2) is 58.4. The standard InChI is InChI=1S/C66H130NO8P/c1-6-8-10-12-14-16-18-20-21-22-23-24-25-26-27-28-29-30-31-32-33-34-35-36-37-38-39-40-41-42-43-44-45-47-48-50-52-54-56-58-65(68)72-62-64(63-74-76(70,71)73-61-60-67(3,4)5)75-66(69)59-57-55-53-51-49-46-19-17-15-13-11-9-7-2/h17,19,64H,6-16,18,20-63H2,1-5H3/p+1/b19-17-. The molecule has 76 heavy (non-hydrogen) atoms. The highest BCUT2D eigenvalue weighted by atomic mass is 31.2. The SMILES string of the molecule is CCCCCC/C=C\CCCCCCCC(=O)OC(COC(=O)CCCCCCCCCCCCCCCCCCCCCCCCCCCCCCCCCCCCCCCCC)COP(=O)(O)OCC[N+](C)(C)C. The average molecular weight is 1100 g/mol. The molecule has 0 rings (SSSR count). The lowest BCUT2D eigenvalue weighted by Gasteiger charge is -2.24. The van der Waals surface area contributed by atoms with E-state index in [4.69, 9.17) is 18.5 Å². The van der Waals surface area contributed by atoms with Gasteiger partial charge in [-0.25, -0.2) is 4.57 Å². The third-order valence-electron chi connectivity index (χ3n) is 15.3. The van der Waals surface area contributed by atoms with Crippen molar-refractivity contribution in [1.82, 2.24) is 0 Å². The van der Waals surface area contributed by atoms with Crippen molar-refractivity contribution in [2.75, 3.05) is 47.5 Å². The molecule has 2 unspecified atom stereocenters. The minimum absolute atomic E-state index is 0.0336. The van der Waals surface area contributed by atoms with Gasteiger partial charge in [0, 0.05) is 12.8 Å². The molecule has 0 bridgehead atoms. The summed E-state index contributed by atoms with van der Waals surface area (Å²) in [4.78, 5) is 35.6. The molecule has 9 nitrogen and oxygen atoms in total. The predicted molar refractivity (Wildman–Crippen MR) is 326 cm³/mol. The number of quaternary nitrogens is 1. The molecule has 0 aliphatic rings. The molecule has 0 heterocycles. The largest absolute Gasteiger partial charge is 0.472 e. The predicted octanol–water partition coefficient (Wildman–Crippen LogP) is 21.2. The van der Waals surface area contributed by atoms with Gasteiger partial charge in [-0.15, -0.1) is 0 Å². The third kappa shape index (κ3) is 62.0. The number of carbonyl (C=O) groups excluding carboxylic acids is 2. The first-order valence-corrected chi connectivity index (χ1v) is 34.9. The molecule has 0 aliphatic carbocycles. The number of hydrogen-bond donors (Lipinski definition) is 1. The number of carbonyl (C=O) groups is 2. The third-order valence-corrected chi connectivity index (χ3v) is 16.3. The van der Waals surface area contributed by atoms with E-state index < -0.39 is 26.5 Å². The van der Waals surface area contributed by atoms with Gasteiger partial charge in [-0.1, -0.05) is 309 Å². The van der Waals surface area contributed by atoms with Crippen LogP contribution in [0.25, 0.3) is 0 Å². The smallest absolute Gasteiger partial charge is 0.462 e. The zero-order valence-corrected chi connectivity index (χ0v) is 52.4. The Labute approximate surface area is 473 Å². The number of rotatable bonds is 63. The molecule has 2 atom stereocenters. The van der Waals surface area contributed by atoms with Crippen LogP contribution in [0, 0.1) is 0 Å². The van der Waals surface area contributed by atoms with Gasteiger partial charge in [0.2, 0.25) is 0 Å². The Kier molecular flexibility index (Phi) is 57.4. The molecular weight excluding hydrogens is 966 g/mol. The Balaban J connectivity index is 3.80. The fourth-order valence-corrected chi connectivity index (χ4v) is 10.9. The van der Waals surface area contributed by atoms with Crippen LogP contribution < -0.4 is 0 Å². The lowest BCUT2D eigenvalue weighted by molar-refractivity contribution is -0.870. The Morgan fingerprint density at radius 3 is 0.987 bits per heavy atom. The number of allylic oxidation sites excluding steroid dienone is 2. The van der Waals surface area contributed by atoms with Crippen LogP contribution in [0.2, 0.25) is 0 Å². The van der Waals surface area contributed by atoms with E-state index in [2.05, 4.69) is 26.0 Å². The first-order chi connectivity index (χ1) is 37.0. The van der Waals surface area contributed by atoms with Crippen molar-refractivity contribution in [2.45, 2.75) is 354 Å². The van der Waals surface area contributed by atoms with Gasteiger partial charge >= 0.3 is 19.8 Å². The van der Waals surface area contributed by atoms with E-state index >= 15 is 0 Å². The minimum atomic E-state index is -4.38. The van der Waals surface area contributed by atoms with Crippen molar-refractivity contribution < 1.29 is 42.1 Å². The molecule has 0 radical (unpaired) electrons. The van der Waals surface area contributed by atoms with Crippen LogP contribution in [-0.2, 0) is 32.7 Å². The zero-order chi connectivity index (χ0) is 55.6. The number of likely N-dealkylation sites (N-methyl/N-ethyl adjacent to an activating group) is 1. The fourth-order valence-electron chi connectivity index (χ4n) is 10.1. The highest BCUT2D eigenvalue weighted by Crippen LogP contribution is 2.43. The first-order valence-electron chi connectivity index (χ1n) is 33.4. The van der Waals surface area contributed by atoms with Gasteiger partial charge in [0.1, 0.15) is 19.8 Å². The first kappa shape index (κ1) is 74.8. The molecule has 0 spiro atoms. The van der Waals surface area contributed by atoms with Gasteiger partial charge < -0.3 is 18.9 Å². The number of nitrogens with zero attached hydrogens (tertiary/aromatic N) is 1. The molecule has 0 aromatic rings. The van der Waals surface area contributed by atoms with Crippen molar-refractivity contribution in [1.29, 1.82) is 0 Å². The number of unbranched alkanes of at least 4 members (excludes halogenated alkanes) is 47. The summed E-state index contributed by atoms with van der Waals surface area (Å²) in [6.45, 7) is 4.46. The number of phosphoric acid groups is 1. The van der Waals surface area contributed by atoms with Crippen LogP contribution in [0.15, 0.2) is 12.2 Å².